The summed E-state index contributed by atoms with van der Waals surface area (Å²) in [6, 6.07) is 5.60. The lowest BCUT2D eigenvalue weighted by Gasteiger charge is -2.42. The molecule has 450 valence electrons. The molecule has 22 heteroatoms. The number of aliphatic hydroxyl groups is 1. The van der Waals surface area contributed by atoms with E-state index in [9.17, 15) is 57.8 Å². The molecule has 1 saturated carbocycles. The fourth-order valence-corrected chi connectivity index (χ4v) is 11.4. The molecule has 4 N–H and O–H groups in total. The second kappa shape index (κ2) is 31.2. The quantitative estimate of drug-likeness (QED) is 0.140. The highest BCUT2D eigenvalue weighted by atomic mass is 16.6. The number of hydrogen-bond acceptors (Lipinski definition) is 16. The van der Waals surface area contributed by atoms with Crippen LogP contribution in [0.3, 0.4) is 0 Å². The van der Waals surface area contributed by atoms with Gasteiger partial charge in [-0.15, -0.1) is 0 Å². The van der Waals surface area contributed by atoms with E-state index in [1.807, 2.05) is 33.8 Å². The van der Waals surface area contributed by atoms with E-state index in [0.717, 1.165) is 10.5 Å². The lowest BCUT2D eigenvalue weighted by molar-refractivity contribution is -0.263. The largest absolute Gasteiger partial charge is 0.469 e. The van der Waals surface area contributed by atoms with Gasteiger partial charge in [0.05, 0.1) is 45.6 Å². The first-order chi connectivity index (χ1) is 38.4. The molecule has 0 aromatic heterocycles. The van der Waals surface area contributed by atoms with Crippen LogP contribution in [0.2, 0.25) is 0 Å². The smallest absolute Gasteiger partial charge is 0.329 e. The summed E-state index contributed by atoms with van der Waals surface area (Å²) in [5, 5.41) is 20.2. The van der Waals surface area contributed by atoms with E-state index in [4.69, 9.17) is 14.2 Å². The summed E-state index contributed by atoms with van der Waals surface area (Å²) in [5.41, 5.74) is 0.736. The molecule has 5 rings (SSSR count). The topological polar surface area (TPSA) is 291 Å². The lowest BCUT2D eigenvalue weighted by Crippen LogP contribution is -2.60. The standard InChI is InChI=1S/C59H88N6O16/c1-36(2)29-46-55(73)62-44(32-40-15-10-9-11-16-40)56(74)63(6)35-42(66)17-14-27-60-50(68)33-48(38(4)31-41-20-23-47(37(3)30-41)79-53(71)26-25-52(70)78-8)80-58(76)45-18-12-13-28-65(45)57(75)54(72)59(77)39(5)19-21-43(81-59)22-24-49(67)61-34-51(69)64(46)7/h9-11,15-16,36-39,41,43-48,77H,12-14,17-35H2,1-8H3,(H,60,68)(H,61,67)(H,62,73)/t37-,38-,39-,41-,43+,44+,45+,46+,47-,48+,59-/m1/s1. The van der Waals surface area contributed by atoms with Crippen LogP contribution in [0.5, 0.6) is 0 Å². The normalized spacial score (nSPS) is 29.5. The summed E-state index contributed by atoms with van der Waals surface area (Å²) < 4.78 is 22.6. The summed E-state index contributed by atoms with van der Waals surface area (Å²) >= 11 is 0. The van der Waals surface area contributed by atoms with Gasteiger partial charge in [0.15, 0.2) is 5.78 Å². The van der Waals surface area contributed by atoms with Gasteiger partial charge in [-0.3, -0.25) is 47.9 Å². The first kappa shape index (κ1) is 65.5. The van der Waals surface area contributed by atoms with Crippen molar-refractivity contribution in [3.63, 3.8) is 0 Å². The summed E-state index contributed by atoms with van der Waals surface area (Å²) in [7, 11) is 4.15. The predicted molar refractivity (Wildman–Crippen MR) is 294 cm³/mol. The fourth-order valence-electron chi connectivity index (χ4n) is 11.4. The number of cyclic esters (lactones) is 1. The molecule has 0 unspecified atom stereocenters. The van der Waals surface area contributed by atoms with Crippen molar-refractivity contribution in [3.05, 3.63) is 35.9 Å². The number of fused-ring (bicyclic) bond motifs is 3. The number of Topliss-reactive ketones (excluding diaryl/α,β-unsaturated/α-hetero) is 2. The predicted octanol–water partition coefficient (Wildman–Crippen LogP) is 3.50. The molecule has 1 aliphatic carbocycles. The number of esters is 3. The highest BCUT2D eigenvalue weighted by Crippen LogP contribution is 2.38. The first-order valence-electron chi connectivity index (χ1n) is 29.0. The molecule has 11 atom stereocenters. The van der Waals surface area contributed by atoms with Crippen molar-refractivity contribution < 1.29 is 76.8 Å². The zero-order chi connectivity index (χ0) is 59.6. The molecule has 4 aliphatic rings. The molecule has 3 saturated heterocycles. The van der Waals surface area contributed by atoms with E-state index in [1.165, 1.54) is 31.0 Å². The summed E-state index contributed by atoms with van der Waals surface area (Å²) in [4.78, 5) is 153. The third-order valence-corrected chi connectivity index (χ3v) is 16.4. The Morgan fingerprint density at radius 2 is 1.54 bits per heavy atom. The minimum atomic E-state index is -2.59. The van der Waals surface area contributed by atoms with Crippen LogP contribution in [-0.4, -0.2) is 174 Å². The van der Waals surface area contributed by atoms with Gasteiger partial charge in [-0.05, 0) is 106 Å². The van der Waals surface area contributed by atoms with Crippen LogP contribution in [0, 0.1) is 29.6 Å². The third-order valence-electron chi connectivity index (χ3n) is 16.4. The number of nitrogens with one attached hydrogen (secondary N) is 3. The Bertz CT molecular complexity index is 2390. The van der Waals surface area contributed by atoms with Gasteiger partial charge in [0, 0.05) is 52.4 Å². The average Bonchev–Trinajstić information content (AvgIpc) is 3.62. The van der Waals surface area contributed by atoms with Crippen molar-refractivity contribution in [2.24, 2.45) is 29.6 Å². The average molecular weight is 1140 g/mol. The third kappa shape index (κ3) is 19.4. The van der Waals surface area contributed by atoms with E-state index in [1.54, 1.807) is 31.2 Å². The summed E-state index contributed by atoms with van der Waals surface area (Å²) in [5.74, 6) is -11.2. The molecule has 4 fully saturated rings. The first-order valence-corrected chi connectivity index (χ1v) is 29.0. The number of methoxy groups -OCH3 is 1. The minimum Gasteiger partial charge on any atom is -0.469 e. The van der Waals surface area contributed by atoms with Crippen LogP contribution < -0.4 is 16.0 Å². The van der Waals surface area contributed by atoms with Gasteiger partial charge in [-0.2, -0.15) is 0 Å². The number of ether oxygens (including phenoxy) is 4. The van der Waals surface area contributed by atoms with Crippen molar-refractivity contribution in [3.8, 4) is 0 Å². The summed E-state index contributed by atoms with van der Waals surface area (Å²) in [6.07, 6.45) is 1.70. The van der Waals surface area contributed by atoms with Crippen molar-refractivity contribution in [1.29, 1.82) is 0 Å². The number of amides is 6. The highest BCUT2D eigenvalue weighted by Gasteiger charge is 2.53. The van der Waals surface area contributed by atoms with Gasteiger partial charge >= 0.3 is 17.9 Å². The van der Waals surface area contributed by atoms with E-state index in [-0.39, 0.29) is 120 Å². The molecule has 22 nitrogen and oxygen atoms in total. The number of likely N-dealkylation sites (N-methyl/N-ethyl adjacent to an activating group) is 2. The van der Waals surface area contributed by atoms with Gasteiger partial charge in [0.1, 0.15) is 30.3 Å². The molecule has 6 amide bonds. The minimum absolute atomic E-state index is 0.00123. The van der Waals surface area contributed by atoms with Crippen LogP contribution in [0.1, 0.15) is 149 Å². The number of carbonyl (C=O) groups is 11. The van der Waals surface area contributed by atoms with Crippen molar-refractivity contribution in [1.82, 2.24) is 30.7 Å². The fraction of sp³-hybridized carbons (Fsp3) is 0.712. The van der Waals surface area contributed by atoms with Crippen LogP contribution in [0.15, 0.2) is 30.3 Å². The number of piperidine rings is 1. The molecule has 3 heterocycles. The van der Waals surface area contributed by atoms with E-state index in [2.05, 4.69) is 20.7 Å². The zero-order valence-corrected chi connectivity index (χ0v) is 48.7. The van der Waals surface area contributed by atoms with Gasteiger partial charge in [-0.25, -0.2) is 4.79 Å². The molecule has 0 radical (unpaired) electrons. The number of hydrogen-bond donors (Lipinski definition) is 4. The highest BCUT2D eigenvalue weighted by molar-refractivity contribution is 6.39. The lowest BCUT2D eigenvalue weighted by atomic mass is 9.75. The maximum absolute atomic E-state index is 14.4. The Kier molecular flexibility index (Phi) is 25.3. The van der Waals surface area contributed by atoms with Crippen LogP contribution in [0.25, 0.3) is 0 Å². The maximum Gasteiger partial charge on any atom is 0.329 e. The zero-order valence-electron chi connectivity index (χ0n) is 48.7. The van der Waals surface area contributed by atoms with Gasteiger partial charge in [0.25, 0.3) is 11.7 Å². The molecule has 81 heavy (non-hydrogen) atoms. The van der Waals surface area contributed by atoms with Crippen molar-refractivity contribution in [2.45, 2.75) is 192 Å². The monoisotopic (exact) mass is 1140 g/mol. The molecular weight excluding hydrogens is 1050 g/mol. The van der Waals surface area contributed by atoms with Crippen LogP contribution >= 0.6 is 0 Å². The summed E-state index contributed by atoms with van der Waals surface area (Å²) in [6.45, 7) is 8.46. The van der Waals surface area contributed by atoms with Crippen molar-refractivity contribution in [2.75, 3.05) is 47.4 Å². The molecule has 3 aliphatic heterocycles. The number of ketones is 2. The van der Waals surface area contributed by atoms with Gasteiger partial charge < -0.3 is 54.7 Å². The molecule has 1 aromatic carbocycles. The Balaban J connectivity index is 1.38. The molecule has 1 aromatic rings. The van der Waals surface area contributed by atoms with E-state index in [0.29, 0.717) is 44.9 Å². The van der Waals surface area contributed by atoms with E-state index < -0.39 is 114 Å². The number of rotatable bonds is 11. The Labute approximate surface area is 476 Å². The number of carbonyl (C=O) groups excluding carboxylic acids is 11. The van der Waals surface area contributed by atoms with Crippen LogP contribution in [0.4, 0.5) is 0 Å². The second-order valence-corrected chi connectivity index (χ2v) is 23.3. The number of nitrogens with zero attached hydrogens (tertiary/aromatic N) is 3. The maximum atomic E-state index is 14.4. The Morgan fingerprint density at radius 1 is 0.827 bits per heavy atom. The van der Waals surface area contributed by atoms with Gasteiger partial charge in [0.2, 0.25) is 35.3 Å². The SMILES string of the molecule is COC(=O)CCC(=O)O[C@@H]1CC[C@@H](C[C@@H](C)[C@@H]2CC(=O)NCCCC(=O)CN(C)C(=O)[C@H](Cc3ccccc3)NC(=O)[C@H](CC(C)C)N(C)C(=O)CNC(=O)CC[C@@H]3CC[C@@H](C)[C@@](O)(O3)C(=O)C(=O)N3CCCC[C@H]3C(=O)O2)C[C@H]1C. The van der Waals surface area contributed by atoms with Crippen LogP contribution in [-0.2, 0) is 78.1 Å². The molecule has 2 bridgehead atoms. The molecule has 0 spiro atoms. The Hall–Kier alpha value is -6.29. The molecular formula is C59H88N6O16. The van der Waals surface area contributed by atoms with Gasteiger partial charge in [-0.1, -0.05) is 65.0 Å². The van der Waals surface area contributed by atoms with E-state index >= 15 is 0 Å². The Morgan fingerprint density at radius 3 is 2.23 bits per heavy atom. The second-order valence-electron chi connectivity index (χ2n) is 23.3. The number of benzene rings is 1. The van der Waals surface area contributed by atoms with Crippen molar-refractivity contribution >= 4 is 64.9 Å².